The van der Waals surface area contributed by atoms with Gasteiger partial charge in [0.25, 0.3) is 5.91 Å². The van der Waals surface area contributed by atoms with Crippen LogP contribution in [0.4, 0.5) is 19.3 Å². The maximum atomic E-state index is 13.5. The van der Waals surface area contributed by atoms with E-state index in [2.05, 4.69) is 10.6 Å². The SMILES string of the molecule is COc1cc(Oc2ccc(F)c(F)c2)ccc1NC(=O)OCc1ccc2c(c1OC)C(=O)N(C1CCC(=O)NC1=O)C2. The predicted octanol–water partition coefficient (Wildman–Crippen LogP) is 4.28. The molecule has 2 heterocycles. The molecule has 1 fully saturated rings. The highest BCUT2D eigenvalue weighted by Crippen LogP contribution is 2.37. The third kappa shape index (κ3) is 5.66. The lowest BCUT2D eigenvalue weighted by atomic mass is 10.0. The number of methoxy groups -OCH3 is 2. The van der Waals surface area contributed by atoms with E-state index in [4.69, 9.17) is 18.9 Å². The molecule has 0 bridgehead atoms. The fourth-order valence-corrected chi connectivity index (χ4v) is 4.81. The standard InChI is InChI=1S/C29H25F2N3O8/c1-39-23-12-18(42-17-5-7-19(30)20(31)11-17)6-8-21(23)32-29(38)41-14-16-4-3-15-13-34(28(37)25(15)26(16)40-2)22-9-10-24(35)33-27(22)36/h3-8,11-12,22H,9-10,13-14H2,1-2H3,(H,32,38)(H,33,35,36). The molecule has 0 aromatic heterocycles. The average Bonchev–Trinajstić information content (AvgIpc) is 3.30. The van der Waals surface area contributed by atoms with Crippen molar-refractivity contribution < 1.29 is 46.9 Å². The molecule has 11 nitrogen and oxygen atoms in total. The number of ether oxygens (including phenoxy) is 4. The van der Waals surface area contributed by atoms with Crippen LogP contribution in [0.25, 0.3) is 0 Å². The van der Waals surface area contributed by atoms with Gasteiger partial charge in [0.2, 0.25) is 11.8 Å². The number of nitrogens with zero attached hydrogens (tertiary/aromatic N) is 1. The van der Waals surface area contributed by atoms with Crippen molar-refractivity contribution in [1.82, 2.24) is 10.2 Å². The minimum atomic E-state index is -1.06. The van der Waals surface area contributed by atoms with Crippen molar-refractivity contribution in [3.05, 3.63) is 76.9 Å². The Labute approximate surface area is 238 Å². The zero-order valence-corrected chi connectivity index (χ0v) is 22.5. The van der Waals surface area contributed by atoms with E-state index in [1.807, 2.05) is 0 Å². The molecule has 42 heavy (non-hydrogen) atoms. The molecular formula is C29H25F2N3O8. The smallest absolute Gasteiger partial charge is 0.412 e. The number of halogens is 2. The summed E-state index contributed by atoms with van der Waals surface area (Å²) in [5, 5.41) is 4.82. The van der Waals surface area contributed by atoms with Crippen LogP contribution in [0, 0.1) is 11.6 Å². The molecule has 1 saturated heterocycles. The van der Waals surface area contributed by atoms with Crippen LogP contribution in [0.15, 0.2) is 48.5 Å². The number of hydrogen-bond acceptors (Lipinski definition) is 8. The second-order valence-corrected chi connectivity index (χ2v) is 9.43. The number of piperidine rings is 1. The zero-order chi connectivity index (χ0) is 30.0. The van der Waals surface area contributed by atoms with E-state index in [1.165, 1.54) is 43.4 Å². The highest BCUT2D eigenvalue weighted by Gasteiger charge is 2.41. The first-order valence-corrected chi connectivity index (χ1v) is 12.8. The van der Waals surface area contributed by atoms with Crippen LogP contribution >= 0.6 is 0 Å². The molecule has 0 aliphatic carbocycles. The normalized spacial score (nSPS) is 16.0. The Kier molecular flexibility index (Phi) is 7.91. The summed E-state index contributed by atoms with van der Waals surface area (Å²) in [6, 6.07) is 10.1. The van der Waals surface area contributed by atoms with Gasteiger partial charge in [-0.3, -0.25) is 25.0 Å². The summed E-state index contributed by atoms with van der Waals surface area (Å²) in [5.41, 5.74) is 1.58. The largest absolute Gasteiger partial charge is 0.495 e. The maximum absolute atomic E-state index is 13.5. The summed E-state index contributed by atoms with van der Waals surface area (Å²) >= 11 is 0. The highest BCUT2D eigenvalue weighted by atomic mass is 19.2. The van der Waals surface area contributed by atoms with Crippen LogP contribution in [-0.4, -0.2) is 49.0 Å². The molecule has 2 aliphatic heterocycles. The lowest BCUT2D eigenvalue weighted by Gasteiger charge is -2.29. The number of fused-ring (bicyclic) bond motifs is 1. The van der Waals surface area contributed by atoms with Gasteiger partial charge in [-0.25, -0.2) is 13.6 Å². The van der Waals surface area contributed by atoms with E-state index in [1.54, 1.807) is 12.1 Å². The monoisotopic (exact) mass is 581 g/mol. The van der Waals surface area contributed by atoms with Crippen molar-refractivity contribution in [2.75, 3.05) is 19.5 Å². The zero-order valence-electron chi connectivity index (χ0n) is 22.5. The van der Waals surface area contributed by atoms with Gasteiger partial charge in [0.05, 0.1) is 25.5 Å². The first-order chi connectivity index (χ1) is 20.2. The highest BCUT2D eigenvalue weighted by molar-refractivity contribution is 6.06. The molecule has 2 aliphatic rings. The van der Waals surface area contributed by atoms with Crippen LogP contribution in [0.1, 0.15) is 34.3 Å². The molecule has 2 N–H and O–H groups in total. The number of nitrogens with one attached hydrogen (secondary N) is 2. The van der Waals surface area contributed by atoms with Crippen molar-refractivity contribution in [3.8, 4) is 23.0 Å². The van der Waals surface area contributed by atoms with Crippen LogP contribution in [-0.2, 0) is 27.5 Å². The molecule has 13 heteroatoms. The number of carbonyl (C=O) groups excluding carboxylic acids is 4. The van der Waals surface area contributed by atoms with Crippen molar-refractivity contribution in [2.45, 2.75) is 32.0 Å². The van der Waals surface area contributed by atoms with Gasteiger partial charge in [-0.15, -0.1) is 0 Å². The third-order valence-electron chi connectivity index (χ3n) is 6.83. The molecule has 0 spiro atoms. The molecule has 1 unspecified atom stereocenters. The van der Waals surface area contributed by atoms with E-state index in [0.29, 0.717) is 11.1 Å². The Balaban J connectivity index is 1.25. The Morgan fingerprint density at radius 3 is 2.48 bits per heavy atom. The van der Waals surface area contributed by atoms with Gasteiger partial charge in [0.15, 0.2) is 11.6 Å². The Morgan fingerprint density at radius 2 is 1.76 bits per heavy atom. The molecule has 5 rings (SSSR count). The van der Waals surface area contributed by atoms with Gasteiger partial charge in [0.1, 0.15) is 35.6 Å². The van der Waals surface area contributed by atoms with E-state index in [-0.39, 0.29) is 66.1 Å². The molecule has 218 valence electrons. The Bertz CT molecular complexity index is 1600. The quantitative estimate of drug-likeness (QED) is 0.377. The second-order valence-electron chi connectivity index (χ2n) is 9.43. The van der Waals surface area contributed by atoms with Crippen molar-refractivity contribution >= 4 is 29.5 Å². The summed E-state index contributed by atoms with van der Waals surface area (Å²) in [6.07, 6.45) is -0.470. The van der Waals surface area contributed by atoms with Crippen molar-refractivity contribution in [2.24, 2.45) is 0 Å². The number of carbonyl (C=O) groups is 4. The topological polar surface area (TPSA) is 132 Å². The van der Waals surface area contributed by atoms with E-state index in [0.717, 1.165) is 12.1 Å². The van der Waals surface area contributed by atoms with Gasteiger partial charge in [-0.05, 0) is 36.2 Å². The number of amides is 4. The maximum Gasteiger partial charge on any atom is 0.412 e. The number of rotatable bonds is 8. The van der Waals surface area contributed by atoms with Crippen LogP contribution < -0.4 is 24.8 Å². The predicted molar refractivity (Wildman–Crippen MR) is 142 cm³/mol. The number of benzene rings is 3. The summed E-state index contributed by atoms with van der Waals surface area (Å²) in [5.74, 6) is -2.64. The second kappa shape index (κ2) is 11.7. The molecule has 0 saturated carbocycles. The van der Waals surface area contributed by atoms with Gasteiger partial charge >= 0.3 is 6.09 Å². The molecule has 3 aromatic rings. The van der Waals surface area contributed by atoms with Gasteiger partial charge < -0.3 is 23.8 Å². The molecule has 4 amide bonds. The lowest BCUT2D eigenvalue weighted by Crippen LogP contribution is -2.52. The summed E-state index contributed by atoms with van der Waals surface area (Å²) in [4.78, 5) is 51.2. The van der Waals surface area contributed by atoms with Crippen LogP contribution in [0.2, 0.25) is 0 Å². The molecule has 3 aromatic carbocycles. The number of hydrogen-bond donors (Lipinski definition) is 2. The molecule has 0 radical (unpaired) electrons. The van der Waals surface area contributed by atoms with E-state index < -0.39 is 35.6 Å². The Hall–Kier alpha value is -5.20. The lowest BCUT2D eigenvalue weighted by molar-refractivity contribution is -0.136. The van der Waals surface area contributed by atoms with Gasteiger partial charge in [-0.1, -0.05) is 12.1 Å². The van der Waals surface area contributed by atoms with Crippen LogP contribution in [0.3, 0.4) is 0 Å². The Morgan fingerprint density at radius 1 is 1.00 bits per heavy atom. The fourth-order valence-electron chi connectivity index (χ4n) is 4.81. The summed E-state index contributed by atoms with van der Waals surface area (Å²) in [7, 11) is 2.76. The van der Waals surface area contributed by atoms with E-state index in [9.17, 15) is 28.0 Å². The minimum absolute atomic E-state index is 0.0677. The van der Waals surface area contributed by atoms with E-state index >= 15 is 0 Å². The first-order valence-electron chi connectivity index (χ1n) is 12.8. The third-order valence-corrected chi connectivity index (χ3v) is 6.83. The fraction of sp³-hybridized carbons (Fsp3) is 0.241. The number of imide groups is 1. The van der Waals surface area contributed by atoms with Gasteiger partial charge in [0, 0.05) is 30.7 Å². The van der Waals surface area contributed by atoms with Crippen LogP contribution in [0.5, 0.6) is 23.0 Å². The van der Waals surface area contributed by atoms with Crippen molar-refractivity contribution in [3.63, 3.8) is 0 Å². The van der Waals surface area contributed by atoms with Crippen molar-refractivity contribution in [1.29, 1.82) is 0 Å². The molecule has 1 atom stereocenters. The summed E-state index contributed by atoms with van der Waals surface area (Å²) < 4.78 is 48.4. The van der Waals surface area contributed by atoms with Gasteiger partial charge in [-0.2, -0.15) is 0 Å². The summed E-state index contributed by atoms with van der Waals surface area (Å²) in [6.45, 7) is -0.0678. The average molecular weight is 582 g/mol. The number of anilines is 1. The molecular weight excluding hydrogens is 556 g/mol. The first kappa shape index (κ1) is 28.3. The minimum Gasteiger partial charge on any atom is -0.495 e.